The van der Waals surface area contributed by atoms with Crippen molar-refractivity contribution in [1.29, 1.82) is 0 Å². The molecule has 0 radical (unpaired) electrons. The number of hydrogen-bond donors (Lipinski definition) is 7. The first-order valence-electron chi connectivity index (χ1n) is 26.6. The molecule has 8 N–H and O–H groups in total. The van der Waals surface area contributed by atoms with Gasteiger partial charge in [0.25, 0.3) is 11.8 Å². The summed E-state index contributed by atoms with van der Waals surface area (Å²) < 4.78 is 11.5. The van der Waals surface area contributed by atoms with Crippen LogP contribution < -0.4 is 36.6 Å². The molecule has 3 aromatic rings. The zero-order valence-electron chi connectivity index (χ0n) is 42.1. The van der Waals surface area contributed by atoms with Crippen molar-refractivity contribution in [1.82, 2.24) is 30.0 Å². The number of hydrogen-bond acceptors (Lipinski definition) is 15. The van der Waals surface area contributed by atoms with Crippen LogP contribution in [0.1, 0.15) is 142 Å². The van der Waals surface area contributed by atoms with Crippen LogP contribution in [0.25, 0.3) is 0 Å². The molecular formula is C53H79N11O7. The number of carbonyl (C=O) groups is 3. The van der Waals surface area contributed by atoms with Gasteiger partial charge in [-0.1, -0.05) is 57.9 Å². The minimum absolute atomic E-state index is 0.0349. The lowest BCUT2D eigenvalue weighted by Gasteiger charge is -2.43. The summed E-state index contributed by atoms with van der Waals surface area (Å²) in [5.74, 6) is 0.924. The van der Waals surface area contributed by atoms with E-state index in [1.807, 2.05) is 25.1 Å². The molecule has 5 aliphatic heterocycles. The van der Waals surface area contributed by atoms with E-state index in [-0.39, 0.29) is 23.6 Å². The average Bonchev–Trinajstić information content (AvgIpc) is 3.72. The van der Waals surface area contributed by atoms with Gasteiger partial charge in [-0.3, -0.25) is 24.6 Å². The van der Waals surface area contributed by atoms with E-state index in [1.165, 1.54) is 45.1 Å². The Bertz CT molecular complexity index is 2250. The van der Waals surface area contributed by atoms with Crippen LogP contribution in [0.2, 0.25) is 0 Å². The second-order valence-electron chi connectivity index (χ2n) is 20.1. The number of unbranched alkanes of at least 4 members (excludes halogenated alkanes) is 8. The van der Waals surface area contributed by atoms with Gasteiger partial charge in [0, 0.05) is 106 Å². The Hall–Kier alpha value is -5.11. The van der Waals surface area contributed by atoms with Crippen molar-refractivity contribution in [3.8, 4) is 5.75 Å². The number of amides is 3. The predicted octanol–water partition coefficient (Wildman–Crippen LogP) is 5.95. The zero-order chi connectivity index (χ0) is 49.7. The van der Waals surface area contributed by atoms with Gasteiger partial charge in [0.05, 0.1) is 24.5 Å². The number of aryl methyl sites for hydroxylation is 1. The highest BCUT2D eigenvalue weighted by Gasteiger charge is 2.40. The molecular weight excluding hydrogens is 903 g/mol. The number of aliphatic hydroxyl groups is 2. The first-order chi connectivity index (χ1) is 34.6. The molecule has 1 aromatic heterocycles. The molecule has 0 saturated carbocycles. The summed E-state index contributed by atoms with van der Waals surface area (Å²) in [4.78, 5) is 57.5. The lowest BCUT2D eigenvalue weighted by Crippen LogP contribution is -2.56. The number of nitrogens with one attached hydrogen (secondary N) is 4. The molecule has 71 heavy (non-hydrogen) atoms. The van der Waals surface area contributed by atoms with E-state index >= 15 is 0 Å². The van der Waals surface area contributed by atoms with Crippen molar-refractivity contribution in [3.05, 3.63) is 58.9 Å². The standard InChI is InChI=1S/C53H79N11O7/c1-3-41-50(55-36-23-32-71-33-24-36)60-51(48(58-41)49(54)67)56-37-17-18-43(45(34-37)70-2)63-26-21-38(22-27-63)62-30-28-61(29-31-62)25-12-10-8-6-4-5-7-9-11-16-46(65)57-42-15-13-14-39-40(42)35-64(53(39)69)44-19-20-47(66)59-52(44)68/h13-15,17-18,34,36,38,44,47,52,59,66,68H,3-12,16,19-33,35H2,1-2H3,(H2,54,67)(H,57,65)(H2,55,56,60). The van der Waals surface area contributed by atoms with Crippen LogP contribution in [0.3, 0.4) is 0 Å². The number of primary amides is 1. The fraction of sp³-hybridized carbons (Fsp3) is 0.642. The largest absolute Gasteiger partial charge is 0.495 e. The summed E-state index contributed by atoms with van der Waals surface area (Å²) in [6, 6.07) is 11.8. The highest BCUT2D eigenvalue weighted by atomic mass is 16.5. The quantitative estimate of drug-likeness (QED) is 0.0546. The number of ether oxygens (including phenoxy) is 2. The molecule has 4 saturated heterocycles. The monoisotopic (exact) mass is 982 g/mol. The lowest BCUT2D eigenvalue weighted by atomic mass is 10.0. The zero-order valence-corrected chi connectivity index (χ0v) is 42.1. The Morgan fingerprint density at radius 1 is 0.859 bits per heavy atom. The molecule has 18 nitrogen and oxygen atoms in total. The Morgan fingerprint density at radius 3 is 2.27 bits per heavy atom. The van der Waals surface area contributed by atoms with Crippen molar-refractivity contribution in [2.24, 2.45) is 5.73 Å². The molecule has 3 amide bonds. The van der Waals surface area contributed by atoms with Crippen molar-refractivity contribution >= 4 is 46.4 Å². The van der Waals surface area contributed by atoms with Crippen LogP contribution in [0, 0.1) is 0 Å². The van der Waals surface area contributed by atoms with Crippen molar-refractivity contribution in [3.63, 3.8) is 0 Å². The first-order valence-corrected chi connectivity index (χ1v) is 26.6. The summed E-state index contributed by atoms with van der Waals surface area (Å²) in [5.41, 5.74) is 10.4. The predicted molar refractivity (Wildman–Crippen MR) is 276 cm³/mol. The maximum Gasteiger partial charge on any atom is 0.271 e. The number of benzene rings is 2. The van der Waals surface area contributed by atoms with Crippen molar-refractivity contribution in [2.45, 2.75) is 153 Å². The molecule has 0 aliphatic carbocycles. The molecule has 3 unspecified atom stereocenters. The van der Waals surface area contributed by atoms with Gasteiger partial charge in [0.15, 0.2) is 17.3 Å². The van der Waals surface area contributed by atoms with Crippen LogP contribution in [-0.2, 0) is 22.5 Å². The molecule has 3 atom stereocenters. The summed E-state index contributed by atoms with van der Waals surface area (Å²) in [7, 11) is 1.70. The van der Waals surface area contributed by atoms with Crippen LogP contribution in [-0.4, -0.2) is 149 Å². The molecule has 388 valence electrons. The van der Waals surface area contributed by atoms with Crippen molar-refractivity contribution < 1.29 is 34.1 Å². The van der Waals surface area contributed by atoms with E-state index in [1.54, 1.807) is 24.1 Å². The van der Waals surface area contributed by atoms with Crippen molar-refractivity contribution in [2.75, 3.05) is 87.0 Å². The Balaban J connectivity index is 0.671. The van der Waals surface area contributed by atoms with Gasteiger partial charge in [0.2, 0.25) is 5.91 Å². The SMILES string of the molecule is CCc1nc(C(N)=O)c(Nc2ccc(N3CCC(N4CCN(CCCCCCCCCCCC(=O)Nc5cccc6c5CN(C5CCC(O)NC5O)C6=O)CC4)CC3)c(OC)c2)nc1NC1CCOCC1. The third kappa shape index (κ3) is 13.7. The maximum absolute atomic E-state index is 13.2. The molecule has 6 heterocycles. The summed E-state index contributed by atoms with van der Waals surface area (Å²) >= 11 is 0. The van der Waals surface area contributed by atoms with Crippen LogP contribution >= 0.6 is 0 Å². The maximum atomic E-state index is 13.2. The lowest BCUT2D eigenvalue weighted by molar-refractivity contribution is -0.116. The van der Waals surface area contributed by atoms with Gasteiger partial charge < -0.3 is 56.1 Å². The van der Waals surface area contributed by atoms with Crippen LogP contribution in [0.4, 0.5) is 28.7 Å². The number of rotatable bonds is 23. The Kier molecular flexibility index (Phi) is 18.8. The minimum Gasteiger partial charge on any atom is -0.495 e. The Morgan fingerprint density at radius 2 is 1.58 bits per heavy atom. The number of piperazine rings is 1. The topological polar surface area (TPSA) is 223 Å². The van der Waals surface area contributed by atoms with Crippen LogP contribution in [0.15, 0.2) is 36.4 Å². The molecule has 18 heteroatoms. The molecule has 5 aliphatic rings. The number of methoxy groups -OCH3 is 1. The minimum atomic E-state index is -0.997. The smallest absolute Gasteiger partial charge is 0.271 e. The Labute approximate surface area is 419 Å². The van der Waals surface area contributed by atoms with E-state index in [4.69, 9.17) is 20.2 Å². The van der Waals surface area contributed by atoms with Gasteiger partial charge in [-0.25, -0.2) is 9.97 Å². The van der Waals surface area contributed by atoms with Gasteiger partial charge in [-0.2, -0.15) is 0 Å². The van der Waals surface area contributed by atoms with E-state index in [9.17, 15) is 24.6 Å². The average molecular weight is 982 g/mol. The molecule has 2 aromatic carbocycles. The van der Waals surface area contributed by atoms with E-state index in [0.717, 1.165) is 107 Å². The van der Waals surface area contributed by atoms with E-state index in [0.29, 0.717) is 80.1 Å². The normalized spacial score (nSPS) is 21.6. The molecule has 8 rings (SSSR count). The molecule has 4 fully saturated rings. The number of piperidine rings is 2. The number of anilines is 5. The third-order valence-corrected chi connectivity index (χ3v) is 15.3. The number of fused-ring (bicyclic) bond motifs is 1. The van der Waals surface area contributed by atoms with Gasteiger partial charge in [-0.05, 0) is 88.6 Å². The number of nitrogens with two attached hydrogens (primary N) is 1. The van der Waals surface area contributed by atoms with Gasteiger partial charge in [0.1, 0.15) is 18.2 Å². The highest BCUT2D eigenvalue weighted by molar-refractivity contribution is 6.02. The van der Waals surface area contributed by atoms with Gasteiger partial charge in [-0.15, -0.1) is 0 Å². The fourth-order valence-electron chi connectivity index (χ4n) is 11.1. The summed E-state index contributed by atoms with van der Waals surface area (Å²) in [6.07, 6.45) is 14.8. The second kappa shape index (κ2) is 25.5. The summed E-state index contributed by atoms with van der Waals surface area (Å²) in [5, 5.41) is 32.9. The number of aromatic nitrogens is 2. The second-order valence-corrected chi connectivity index (χ2v) is 20.1. The first kappa shape index (κ1) is 52.2. The number of nitrogens with zero attached hydrogens (tertiary/aromatic N) is 6. The summed E-state index contributed by atoms with van der Waals surface area (Å²) in [6.45, 7) is 11.4. The number of aliphatic hydroxyl groups excluding tert-OH is 2. The van der Waals surface area contributed by atoms with Crippen LogP contribution in [0.5, 0.6) is 5.75 Å². The van der Waals surface area contributed by atoms with Gasteiger partial charge >= 0.3 is 0 Å². The van der Waals surface area contributed by atoms with E-state index < -0.39 is 24.4 Å². The fourth-order valence-corrected chi connectivity index (χ4v) is 11.1. The highest BCUT2D eigenvalue weighted by Crippen LogP contribution is 2.36. The molecule has 0 spiro atoms. The third-order valence-electron chi connectivity index (χ3n) is 15.3. The number of carbonyl (C=O) groups excluding carboxylic acids is 3. The molecule has 0 bridgehead atoms. The van der Waals surface area contributed by atoms with E-state index in [2.05, 4.69) is 47.0 Å².